The van der Waals surface area contributed by atoms with E-state index >= 15 is 0 Å². The minimum atomic E-state index is -3.61. The van der Waals surface area contributed by atoms with Gasteiger partial charge in [-0.2, -0.15) is 0 Å². The van der Waals surface area contributed by atoms with Gasteiger partial charge in [0, 0.05) is 31.0 Å². The number of para-hydroxylation sites is 1. The maximum absolute atomic E-state index is 12.3. The summed E-state index contributed by atoms with van der Waals surface area (Å²) in [4.78, 5) is 11.1. The molecule has 0 saturated heterocycles. The van der Waals surface area contributed by atoms with Gasteiger partial charge >= 0.3 is 0 Å². The molecule has 2 aromatic carbocycles. The molecule has 0 aliphatic heterocycles. The van der Waals surface area contributed by atoms with Crippen LogP contribution in [0.3, 0.4) is 0 Å². The van der Waals surface area contributed by atoms with Crippen molar-refractivity contribution in [3.05, 3.63) is 60.4 Å². The zero-order valence-corrected chi connectivity index (χ0v) is 14.5. The Balaban J connectivity index is 1.62. The van der Waals surface area contributed by atoms with Gasteiger partial charge in [0.15, 0.2) is 0 Å². The van der Waals surface area contributed by atoms with Gasteiger partial charge in [0.1, 0.15) is 11.3 Å². The molecule has 3 rings (SSSR count). The summed E-state index contributed by atoms with van der Waals surface area (Å²) in [6, 6.07) is 15.6. The number of furan rings is 1. The quantitative estimate of drug-likeness (QED) is 0.709. The van der Waals surface area contributed by atoms with Crippen LogP contribution in [0.1, 0.15) is 12.7 Å². The topological polar surface area (TPSA) is 88.4 Å². The maximum atomic E-state index is 12.3. The third kappa shape index (κ3) is 4.26. The van der Waals surface area contributed by atoms with Crippen LogP contribution in [0.2, 0.25) is 0 Å². The fraction of sp³-hybridized carbons (Fsp3) is 0.167. The molecular weight excluding hydrogens is 340 g/mol. The second-order valence-corrected chi connectivity index (χ2v) is 7.37. The summed E-state index contributed by atoms with van der Waals surface area (Å²) in [5.41, 5.74) is 1.34. The van der Waals surface area contributed by atoms with E-state index in [2.05, 4.69) is 10.0 Å². The summed E-state index contributed by atoms with van der Waals surface area (Å²) < 4.78 is 32.8. The number of anilines is 1. The summed E-state index contributed by atoms with van der Waals surface area (Å²) in [7, 11) is -3.61. The number of nitrogens with one attached hydrogen (secondary N) is 2. The van der Waals surface area contributed by atoms with Crippen LogP contribution in [0.5, 0.6) is 0 Å². The molecule has 130 valence electrons. The first-order valence-corrected chi connectivity index (χ1v) is 9.27. The van der Waals surface area contributed by atoms with E-state index in [0.717, 1.165) is 16.7 Å². The van der Waals surface area contributed by atoms with Crippen LogP contribution < -0.4 is 10.0 Å². The maximum Gasteiger partial charge on any atom is 0.240 e. The van der Waals surface area contributed by atoms with Crippen molar-refractivity contribution in [2.45, 2.75) is 18.2 Å². The lowest BCUT2D eigenvalue weighted by Crippen LogP contribution is -2.25. The summed E-state index contributed by atoms with van der Waals surface area (Å²) in [5, 5.41) is 3.59. The number of carbonyl (C=O) groups excluding carboxylic acids is 1. The van der Waals surface area contributed by atoms with Crippen molar-refractivity contribution in [1.29, 1.82) is 0 Å². The molecule has 1 amide bonds. The number of amides is 1. The number of benzene rings is 2. The fourth-order valence-electron chi connectivity index (χ4n) is 2.47. The highest BCUT2D eigenvalue weighted by Crippen LogP contribution is 2.19. The number of carbonyl (C=O) groups is 1. The van der Waals surface area contributed by atoms with Crippen LogP contribution in [0.4, 0.5) is 5.69 Å². The van der Waals surface area contributed by atoms with Gasteiger partial charge in [-0.15, -0.1) is 0 Å². The highest BCUT2D eigenvalue weighted by atomic mass is 32.2. The average molecular weight is 358 g/mol. The van der Waals surface area contributed by atoms with E-state index in [-0.39, 0.29) is 17.3 Å². The van der Waals surface area contributed by atoms with Crippen molar-refractivity contribution >= 4 is 32.6 Å². The van der Waals surface area contributed by atoms with Crippen LogP contribution in [0.15, 0.2) is 63.9 Å². The van der Waals surface area contributed by atoms with Crippen molar-refractivity contribution in [3.8, 4) is 0 Å². The highest BCUT2D eigenvalue weighted by Gasteiger charge is 2.14. The number of rotatable bonds is 6. The molecule has 0 fully saturated rings. The zero-order chi connectivity index (χ0) is 17.9. The Morgan fingerprint density at radius 3 is 2.48 bits per heavy atom. The predicted octanol–water partition coefficient (Wildman–Crippen LogP) is 2.91. The standard InChI is InChI=1S/C18H18N2O4S/c1-13(21)20-15-6-8-17(9-7-15)25(22,23)19-11-10-16-12-14-4-2-3-5-18(14)24-16/h2-9,12,19H,10-11H2,1H3,(H,20,21). The third-order valence-corrected chi connectivity index (χ3v) is 5.10. The molecule has 1 heterocycles. The molecular formula is C18H18N2O4S. The first-order chi connectivity index (χ1) is 11.9. The van der Waals surface area contributed by atoms with Gasteiger partial charge in [-0.25, -0.2) is 13.1 Å². The summed E-state index contributed by atoms with van der Waals surface area (Å²) in [5.74, 6) is 0.518. The molecule has 0 aliphatic rings. The fourth-order valence-corrected chi connectivity index (χ4v) is 3.50. The largest absolute Gasteiger partial charge is 0.461 e. The van der Waals surface area contributed by atoms with Crippen molar-refractivity contribution in [1.82, 2.24) is 4.72 Å². The number of hydrogen-bond donors (Lipinski definition) is 2. The van der Waals surface area contributed by atoms with Crippen LogP contribution in [-0.4, -0.2) is 20.9 Å². The molecule has 25 heavy (non-hydrogen) atoms. The van der Waals surface area contributed by atoms with E-state index in [1.807, 2.05) is 30.3 Å². The molecule has 7 heteroatoms. The summed E-state index contributed by atoms with van der Waals surface area (Å²) in [6.45, 7) is 1.62. The SMILES string of the molecule is CC(=O)Nc1ccc(S(=O)(=O)NCCc2cc3ccccc3o2)cc1. The van der Waals surface area contributed by atoms with E-state index < -0.39 is 10.0 Å². The minimum Gasteiger partial charge on any atom is -0.461 e. The monoisotopic (exact) mass is 358 g/mol. The third-order valence-electron chi connectivity index (χ3n) is 3.63. The molecule has 0 radical (unpaired) electrons. The zero-order valence-electron chi connectivity index (χ0n) is 13.7. The Labute approximate surface area is 145 Å². The molecule has 6 nitrogen and oxygen atoms in total. The normalized spacial score (nSPS) is 11.6. The van der Waals surface area contributed by atoms with Crippen LogP contribution >= 0.6 is 0 Å². The Kier molecular flexibility index (Phi) is 4.87. The molecule has 0 bridgehead atoms. The molecule has 0 saturated carbocycles. The van der Waals surface area contributed by atoms with Crippen LogP contribution in [0.25, 0.3) is 11.0 Å². The van der Waals surface area contributed by atoms with Crippen molar-refractivity contribution in [2.75, 3.05) is 11.9 Å². The van der Waals surface area contributed by atoms with Crippen molar-refractivity contribution in [3.63, 3.8) is 0 Å². The Bertz CT molecular complexity index is 958. The van der Waals surface area contributed by atoms with Gasteiger partial charge in [-0.1, -0.05) is 18.2 Å². The van der Waals surface area contributed by atoms with E-state index in [1.54, 1.807) is 12.1 Å². The van der Waals surface area contributed by atoms with Gasteiger partial charge in [0.2, 0.25) is 15.9 Å². The smallest absolute Gasteiger partial charge is 0.240 e. The lowest BCUT2D eigenvalue weighted by Gasteiger charge is -2.07. The van der Waals surface area contributed by atoms with Gasteiger partial charge in [0.25, 0.3) is 0 Å². The molecule has 0 unspecified atom stereocenters. The molecule has 2 N–H and O–H groups in total. The predicted molar refractivity (Wildman–Crippen MR) is 95.9 cm³/mol. The first-order valence-electron chi connectivity index (χ1n) is 7.79. The lowest BCUT2D eigenvalue weighted by atomic mass is 10.2. The lowest BCUT2D eigenvalue weighted by molar-refractivity contribution is -0.114. The van der Waals surface area contributed by atoms with E-state index in [1.165, 1.54) is 19.1 Å². The average Bonchev–Trinajstić information content (AvgIpc) is 2.97. The van der Waals surface area contributed by atoms with Crippen LogP contribution in [0, 0.1) is 0 Å². The molecule has 3 aromatic rings. The minimum absolute atomic E-state index is 0.145. The van der Waals surface area contributed by atoms with Crippen molar-refractivity contribution < 1.29 is 17.6 Å². The van der Waals surface area contributed by atoms with Gasteiger partial charge < -0.3 is 9.73 Å². The van der Waals surface area contributed by atoms with Crippen molar-refractivity contribution in [2.24, 2.45) is 0 Å². The van der Waals surface area contributed by atoms with Gasteiger partial charge in [0.05, 0.1) is 4.90 Å². The first kappa shape index (κ1) is 17.2. The molecule has 0 atom stereocenters. The Hall–Kier alpha value is -2.64. The van der Waals surface area contributed by atoms with E-state index in [0.29, 0.717) is 12.1 Å². The highest BCUT2D eigenvalue weighted by molar-refractivity contribution is 7.89. The van der Waals surface area contributed by atoms with Gasteiger partial charge in [-0.05, 0) is 36.4 Å². The van der Waals surface area contributed by atoms with Gasteiger partial charge in [-0.3, -0.25) is 4.79 Å². The molecule has 0 aliphatic carbocycles. The summed E-state index contributed by atoms with van der Waals surface area (Å²) >= 11 is 0. The van der Waals surface area contributed by atoms with E-state index in [9.17, 15) is 13.2 Å². The number of hydrogen-bond acceptors (Lipinski definition) is 4. The summed E-state index contributed by atoms with van der Waals surface area (Å²) in [6.07, 6.45) is 0.456. The molecule has 0 spiro atoms. The van der Waals surface area contributed by atoms with E-state index in [4.69, 9.17) is 4.42 Å². The van der Waals surface area contributed by atoms with Crippen LogP contribution in [-0.2, 0) is 21.2 Å². The second kappa shape index (κ2) is 7.08. The Morgan fingerprint density at radius 2 is 1.80 bits per heavy atom. The number of sulfonamides is 1. The second-order valence-electron chi connectivity index (χ2n) is 5.60. The molecule has 1 aromatic heterocycles. The number of fused-ring (bicyclic) bond motifs is 1. The Morgan fingerprint density at radius 1 is 1.08 bits per heavy atom.